The van der Waals surface area contributed by atoms with Gasteiger partial charge in [0.15, 0.2) is 0 Å². The Morgan fingerprint density at radius 2 is 2.14 bits per heavy atom. The van der Waals surface area contributed by atoms with Crippen molar-refractivity contribution in [1.82, 2.24) is 4.90 Å². The van der Waals surface area contributed by atoms with Crippen LogP contribution in [0.2, 0.25) is 0 Å². The second-order valence-corrected chi connectivity index (χ2v) is 6.21. The highest BCUT2D eigenvalue weighted by Gasteiger charge is 2.56. The maximum Gasteiger partial charge on any atom is 0.352 e. The second-order valence-electron chi connectivity index (χ2n) is 6.21. The molecule has 1 amide bonds. The number of hydrogen-bond acceptors (Lipinski definition) is 3. The second kappa shape index (κ2) is 5.30. The van der Waals surface area contributed by atoms with Crippen LogP contribution < -0.4 is 0 Å². The van der Waals surface area contributed by atoms with Crippen molar-refractivity contribution in [1.29, 1.82) is 0 Å². The Morgan fingerprint density at radius 1 is 1.38 bits per heavy atom. The number of carbonyl (C=O) groups excluding carboxylic acids is 1. The van der Waals surface area contributed by atoms with E-state index in [2.05, 4.69) is 6.08 Å². The van der Waals surface area contributed by atoms with Gasteiger partial charge in [0.1, 0.15) is 5.70 Å². The van der Waals surface area contributed by atoms with Crippen LogP contribution in [-0.4, -0.2) is 39.1 Å². The number of aliphatic hydroxyl groups is 1. The molecule has 0 bridgehead atoms. The summed E-state index contributed by atoms with van der Waals surface area (Å²) in [6.07, 6.45) is 7.22. The van der Waals surface area contributed by atoms with Crippen molar-refractivity contribution in [3.63, 3.8) is 0 Å². The number of amides is 1. The van der Waals surface area contributed by atoms with Gasteiger partial charge < -0.3 is 15.1 Å². The number of fused-ring (bicyclic) bond motifs is 1. The molecule has 0 spiro atoms. The van der Waals surface area contributed by atoms with E-state index >= 15 is 0 Å². The normalized spacial score (nSPS) is 30.5. The SMILES string of the molecule is C[C@@H](O)[C@H]1C(=O)N2C(C(=O)O)=C(C3=CCCCCC3)C[C@H]12. The Labute approximate surface area is 123 Å². The summed E-state index contributed by atoms with van der Waals surface area (Å²) in [7, 11) is 0. The maximum absolute atomic E-state index is 12.1. The lowest BCUT2D eigenvalue weighted by atomic mass is 9.82. The van der Waals surface area contributed by atoms with Crippen molar-refractivity contribution in [3.05, 3.63) is 22.9 Å². The molecule has 2 N–H and O–H groups in total. The van der Waals surface area contributed by atoms with Crippen LogP contribution in [0.25, 0.3) is 0 Å². The summed E-state index contributed by atoms with van der Waals surface area (Å²) in [4.78, 5) is 25.1. The summed E-state index contributed by atoms with van der Waals surface area (Å²) >= 11 is 0. The Kier molecular flexibility index (Phi) is 3.61. The minimum atomic E-state index is -1.03. The molecular weight excluding hydrogens is 270 g/mol. The number of carboxylic acid groups (broad SMARTS) is 1. The monoisotopic (exact) mass is 291 g/mol. The average Bonchev–Trinajstić information content (AvgIpc) is 2.59. The van der Waals surface area contributed by atoms with Crippen LogP contribution in [0.5, 0.6) is 0 Å². The Hall–Kier alpha value is -1.62. The van der Waals surface area contributed by atoms with Gasteiger partial charge in [-0.1, -0.05) is 12.5 Å². The van der Waals surface area contributed by atoms with Gasteiger partial charge in [0.2, 0.25) is 5.91 Å². The molecule has 0 aromatic carbocycles. The number of β-lactam (4-membered cyclic amide) rings is 1. The minimum absolute atomic E-state index is 0.148. The Morgan fingerprint density at radius 3 is 2.81 bits per heavy atom. The topological polar surface area (TPSA) is 77.8 Å². The number of nitrogens with zero attached hydrogens (tertiary/aromatic N) is 1. The van der Waals surface area contributed by atoms with E-state index in [9.17, 15) is 19.8 Å². The van der Waals surface area contributed by atoms with E-state index in [1.54, 1.807) is 6.92 Å². The van der Waals surface area contributed by atoms with Gasteiger partial charge in [0.05, 0.1) is 18.1 Å². The number of carbonyl (C=O) groups is 2. The predicted octanol–water partition coefficient (Wildman–Crippen LogP) is 1.83. The van der Waals surface area contributed by atoms with E-state index in [4.69, 9.17) is 0 Å². The molecule has 3 aliphatic rings. The van der Waals surface area contributed by atoms with E-state index in [0.29, 0.717) is 6.42 Å². The molecule has 0 saturated carbocycles. The molecule has 2 aliphatic heterocycles. The standard InChI is InChI=1S/C16H21NO4/c1-9(18)13-12-8-11(10-6-4-2-3-5-7-10)14(16(20)21)17(12)15(13)19/h6,9,12-13,18H,2-5,7-8H2,1H3,(H,20,21)/t9-,12-,13-/m1/s1. The van der Waals surface area contributed by atoms with Crippen molar-refractivity contribution in [2.24, 2.45) is 5.92 Å². The van der Waals surface area contributed by atoms with Gasteiger partial charge in [-0.15, -0.1) is 0 Å². The van der Waals surface area contributed by atoms with Crippen molar-refractivity contribution < 1.29 is 19.8 Å². The molecule has 5 nitrogen and oxygen atoms in total. The van der Waals surface area contributed by atoms with Gasteiger partial charge in [0.25, 0.3) is 0 Å². The summed E-state index contributed by atoms with van der Waals surface area (Å²) in [5, 5.41) is 19.2. The van der Waals surface area contributed by atoms with Crippen LogP contribution in [-0.2, 0) is 9.59 Å². The minimum Gasteiger partial charge on any atom is -0.477 e. The van der Waals surface area contributed by atoms with E-state index in [0.717, 1.165) is 43.3 Å². The number of rotatable bonds is 3. The van der Waals surface area contributed by atoms with Crippen LogP contribution in [0, 0.1) is 5.92 Å². The van der Waals surface area contributed by atoms with Crippen molar-refractivity contribution >= 4 is 11.9 Å². The fourth-order valence-corrected chi connectivity index (χ4v) is 3.84. The molecular formula is C16H21NO4. The van der Waals surface area contributed by atoms with Crippen LogP contribution in [0.3, 0.4) is 0 Å². The Bertz CT molecular complexity index is 546. The van der Waals surface area contributed by atoms with Crippen LogP contribution in [0.15, 0.2) is 22.9 Å². The highest BCUT2D eigenvalue weighted by Crippen LogP contribution is 2.46. The number of carboxylic acids is 1. The van der Waals surface area contributed by atoms with E-state index in [1.165, 1.54) is 4.90 Å². The number of aliphatic carboxylic acids is 1. The molecule has 1 aliphatic carbocycles. The molecule has 0 radical (unpaired) electrons. The fraction of sp³-hybridized carbons (Fsp3) is 0.625. The maximum atomic E-state index is 12.1. The fourth-order valence-electron chi connectivity index (χ4n) is 3.84. The van der Waals surface area contributed by atoms with Gasteiger partial charge in [-0.3, -0.25) is 4.79 Å². The summed E-state index contributed by atoms with van der Waals surface area (Å²) in [5.41, 5.74) is 2.05. The number of aliphatic hydroxyl groups excluding tert-OH is 1. The first-order chi connectivity index (χ1) is 10.0. The molecule has 114 valence electrons. The molecule has 0 aromatic rings. The molecule has 1 fully saturated rings. The van der Waals surface area contributed by atoms with E-state index in [-0.39, 0.29) is 17.6 Å². The number of allylic oxidation sites excluding steroid dienone is 2. The molecule has 0 aromatic heterocycles. The lowest BCUT2D eigenvalue weighted by molar-refractivity contribution is -0.161. The number of hydrogen-bond donors (Lipinski definition) is 2. The summed E-state index contributed by atoms with van der Waals surface area (Å²) in [6, 6.07) is -0.178. The lowest BCUT2D eigenvalue weighted by Gasteiger charge is -2.44. The highest BCUT2D eigenvalue weighted by atomic mass is 16.4. The largest absolute Gasteiger partial charge is 0.477 e. The molecule has 0 unspecified atom stereocenters. The van der Waals surface area contributed by atoms with Crippen LogP contribution >= 0.6 is 0 Å². The van der Waals surface area contributed by atoms with Crippen LogP contribution in [0.4, 0.5) is 0 Å². The molecule has 2 heterocycles. The van der Waals surface area contributed by atoms with E-state index in [1.807, 2.05) is 0 Å². The summed E-state index contributed by atoms with van der Waals surface area (Å²) < 4.78 is 0. The first-order valence-corrected chi connectivity index (χ1v) is 7.69. The first kappa shape index (κ1) is 14.3. The average molecular weight is 291 g/mol. The molecule has 3 atom stereocenters. The summed E-state index contributed by atoms with van der Waals surface area (Å²) in [6.45, 7) is 1.60. The third-order valence-electron chi connectivity index (χ3n) is 4.86. The third-order valence-corrected chi connectivity index (χ3v) is 4.86. The zero-order valence-electron chi connectivity index (χ0n) is 12.2. The van der Waals surface area contributed by atoms with Gasteiger partial charge in [-0.2, -0.15) is 0 Å². The molecule has 3 rings (SSSR count). The van der Waals surface area contributed by atoms with Crippen molar-refractivity contribution in [3.8, 4) is 0 Å². The quantitative estimate of drug-likeness (QED) is 0.778. The van der Waals surface area contributed by atoms with Crippen LogP contribution in [0.1, 0.15) is 45.4 Å². The van der Waals surface area contributed by atoms with Gasteiger partial charge >= 0.3 is 5.97 Å². The predicted molar refractivity (Wildman–Crippen MR) is 76.3 cm³/mol. The smallest absolute Gasteiger partial charge is 0.352 e. The lowest BCUT2D eigenvalue weighted by Crippen LogP contribution is -2.61. The van der Waals surface area contributed by atoms with Gasteiger partial charge in [-0.05, 0) is 50.2 Å². The van der Waals surface area contributed by atoms with Crippen molar-refractivity contribution in [2.45, 2.75) is 57.6 Å². The summed E-state index contributed by atoms with van der Waals surface area (Å²) in [5.74, 6) is -1.74. The zero-order valence-corrected chi connectivity index (χ0v) is 12.2. The first-order valence-electron chi connectivity index (χ1n) is 7.69. The van der Waals surface area contributed by atoms with Crippen molar-refractivity contribution in [2.75, 3.05) is 0 Å². The zero-order chi connectivity index (χ0) is 15.1. The third kappa shape index (κ3) is 2.20. The molecule has 5 heteroatoms. The van der Waals surface area contributed by atoms with Gasteiger partial charge in [-0.25, -0.2) is 4.79 Å². The Balaban J connectivity index is 1.94. The van der Waals surface area contributed by atoms with E-state index < -0.39 is 18.0 Å². The molecule has 1 saturated heterocycles. The molecule has 21 heavy (non-hydrogen) atoms. The highest BCUT2D eigenvalue weighted by molar-refractivity contribution is 6.00. The van der Waals surface area contributed by atoms with Gasteiger partial charge in [0, 0.05) is 0 Å².